The number of carbonyl (C=O) groups is 2. The van der Waals surface area contributed by atoms with Gasteiger partial charge in [0.1, 0.15) is 0 Å². The van der Waals surface area contributed by atoms with Crippen LogP contribution < -0.4 is 0 Å². The lowest BCUT2D eigenvalue weighted by molar-refractivity contribution is -0.138. The minimum absolute atomic E-state index is 0.346. The Labute approximate surface area is 289 Å². The van der Waals surface area contributed by atoms with Crippen molar-refractivity contribution in [2.24, 2.45) is 0 Å². The van der Waals surface area contributed by atoms with Gasteiger partial charge in [-0.1, -0.05) is 232 Å². The number of unbranched alkanes of at least 4 members (excludes halogenated alkanes) is 34. The molecule has 0 saturated carbocycles. The third-order valence-electron chi connectivity index (χ3n) is 9.49. The molecule has 0 radical (unpaired) electrons. The molecule has 0 spiro atoms. The number of hydrogen-bond acceptors (Lipinski definition) is 2. The summed E-state index contributed by atoms with van der Waals surface area (Å²) in [5.41, 5.74) is 0. The summed E-state index contributed by atoms with van der Waals surface area (Å²) in [4.78, 5) is 20.7. The van der Waals surface area contributed by atoms with Crippen molar-refractivity contribution in [1.29, 1.82) is 0 Å². The fourth-order valence-electron chi connectivity index (χ4n) is 6.36. The molecule has 0 aliphatic rings. The Hall–Kier alpha value is -1.06. The van der Waals surface area contributed by atoms with Crippen LogP contribution in [-0.4, -0.2) is 22.2 Å². The highest BCUT2D eigenvalue weighted by molar-refractivity contribution is 5.66. The van der Waals surface area contributed by atoms with Gasteiger partial charge in [0.2, 0.25) is 0 Å². The van der Waals surface area contributed by atoms with Crippen LogP contribution in [0.4, 0.5) is 0 Å². The number of carboxylic acid groups (broad SMARTS) is 2. The summed E-state index contributed by atoms with van der Waals surface area (Å²) < 4.78 is 0. The van der Waals surface area contributed by atoms with Crippen molar-refractivity contribution in [1.82, 2.24) is 0 Å². The Kier molecular flexibility index (Phi) is 45.0. The van der Waals surface area contributed by atoms with Crippen LogP contribution in [-0.2, 0) is 9.59 Å². The molecule has 0 unspecified atom stereocenters. The first-order valence-electron chi connectivity index (χ1n) is 21.0. The molecule has 0 fully saturated rings. The highest BCUT2D eigenvalue weighted by Crippen LogP contribution is 2.16. The van der Waals surface area contributed by atoms with Crippen molar-refractivity contribution in [2.75, 3.05) is 0 Å². The Balaban J connectivity index is 0. The molecule has 2 N–H and O–H groups in total. The predicted molar refractivity (Wildman–Crippen MR) is 202 cm³/mol. The van der Waals surface area contributed by atoms with Crippen molar-refractivity contribution in [3.8, 4) is 0 Å². The normalized spacial score (nSPS) is 11.0. The van der Waals surface area contributed by atoms with E-state index in [0.717, 1.165) is 25.7 Å². The average molecular weight is 653 g/mol. The van der Waals surface area contributed by atoms with Gasteiger partial charge in [0.15, 0.2) is 0 Å². The number of aliphatic carboxylic acids is 2. The van der Waals surface area contributed by atoms with Gasteiger partial charge in [-0.05, 0) is 12.8 Å². The van der Waals surface area contributed by atoms with E-state index in [4.69, 9.17) is 10.2 Å². The largest absolute Gasteiger partial charge is 0.481 e. The zero-order valence-corrected chi connectivity index (χ0v) is 31.6. The van der Waals surface area contributed by atoms with Gasteiger partial charge in [-0.2, -0.15) is 0 Å². The standard InChI is InChI=1S/C22H44O2.C20H40O2/c1-2-3-4-5-6-7-8-9-10-11-12-13-14-15-16-17-18-19-20-21-22(23)24;1-2-3-4-5-6-7-8-9-10-11-12-13-14-15-16-17-18-19-20(21)22/h2-21H2,1H3,(H,23,24);2-19H2,1H3,(H,21,22). The van der Waals surface area contributed by atoms with E-state index in [1.165, 1.54) is 205 Å². The van der Waals surface area contributed by atoms with Crippen LogP contribution in [0.5, 0.6) is 0 Å². The van der Waals surface area contributed by atoms with Crippen LogP contribution in [0.15, 0.2) is 0 Å². The lowest BCUT2D eigenvalue weighted by Crippen LogP contribution is -1.93. The molecular formula is C42H84O4. The molecule has 0 aliphatic heterocycles. The maximum Gasteiger partial charge on any atom is 0.303 e. The van der Waals surface area contributed by atoms with Crippen LogP contribution in [0.2, 0.25) is 0 Å². The van der Waals surface area contributed by atoms with Gasteiger partial charge < -0.3 is 10.2 Å². The van der Waals surface area contributed by atoms with E-state index in [9.17, 15) is 9.59 Å². The topological polar surface area (TPSA) is 74.6 Å². The molecule has 0 saturated heterocycles. The second-order valence-corrected chi connectivity index (χ2v) is 14.3. The van der Waals surface area contributed by atoms with Crippen molar-refractivity contribution in [2.45, 2.75) is 258 Å². The second kappa shape index (κ2) is 43.9. The molecule has 0 atom stereocenters. The minimum Gasteiger partial charge on any atom is -0.481 e. The zero-order valence-electron chi connectivity index (χ0n) is 31.6. The Morgan fingerprint density at radius 2 is 0.391 bits per heavy atom. The fourth-order valence-corrected chi connectivity index (χ4v) is 6.36. The SMILES string of the molecule is CCCCCCCCCCCCCCCCCCCC(=O)O.CCCCCCCCCCCCCCCCCCCCCC(=O)O. The first-order valence-corrected chi connectivity index (χ1v) is 21.0. The summed E-state index contributed by atoms with van der Waals surface area (Å²) in [6.07, 6.45) is 49.2. The maximum atomic E-state index is 10.4. The van der Waals surface area contributed by atoms with Gasteiger partial charge in [-0.15, -0.1) is 0 Å². The van der Waals surface area contributed by atoms with Gasteiger partial charge >= 0.3 is 11.9 Å². The first-order chi connectivity index (χ1) is 22.5. The Morgan fingerprint density at radius 3 is 0.522 bits per heavy atom. The van der Waals surface area contributed by atoms with Gasteiger partial charge in [-0.25, -0.2) is 0 Å². The van der Waals surface area contributed by atoms with Crippen LogP contribution in [0.1, 0.15) is 258 Å². The second-order valence-electron chi connectivity index (χ2n) is 14.3. The van der Waals surface area contributed by atoms with Crippen LogP contribution in [0.3, 0.4) is 0 Å². The molecule has 0 aromatic rings. The summed E-state index contributed by atoms with van der Waals surface area (Å²) in [5.74, 6) is -1.30. The van der Waals surface area contributed by atoms with E-state index in [1.54, 1.807) is 0 Å². The van der Waals surface area contributed by atoms with Gasteiger partial charge in [0.25, 0.3) is 0 Å². The quantitative estimate of drug-likeness (QED) is 0.0651. The van der Waals surface area contributed by atoms with Crippen molar-refractivity contribution < 1.29 is 19.8 Å². The van der Waals surface area contributed by atoms with E-state index in [0.29, 0.717) is 12.8 Å². The van der Waals surface area contributed by atoms with E-state index < -0.39 is 11.9 Å². The summed E-state index contributed by atoms with van der Waals surface area (Å²) in [7, 11) is 0. The molecule has 0 heterocycles. The van der Waals surface area contributed by atoms with E-state index >= 15 is 0 Å². The third-order valence-corrected chi connectivity index (χ3v) is 9.49. The average Bonchev–Trinajstić information content (AvgIpc) is 3.03. The van der Waals surface area contributed by atoms with Crippen molar-refractivity contribution >= 4 is 11.9 Å². The summed E-state index contributed by atoms with van der Waals surface area (Å²) in [6.45, 7) is 4.56. The summed E-state index contributed by atoms with van der Waals surface area (Å²) >= 11 is 0. The van der Waals surface area contributed by atoms with E-state index in [2.05, 4.69) is 13.8 Å². The van der Waals surface area contributed by atoms with Crippen molar-refractivity contribution in [3.05, 3.63) is 0 Å². The minimum atomic E-state index is -0.652. The van der Waals surface area contributed by atoms with Gasteiger partial charge in [0, 0.05) is 12.8 Å². The summed E-state index contributed by atoms with van der Waals surface area (Å²) in [6, 6.07) is 0. The van der Waals surface area contributed by atoms with Crippen LogP contribution >= 0.6 is 0 Å². The predicted octanol–water partition coefficient (Wildman–Crippen LogP) is 15.0. The molecule has 4 heteroatoms. The first kappa shape index (κ1) is 47.1. The molecule has 0 amide bonds. The van der Waals surface area contributed by atoms with Crippen LogP contribution in [0, 0.1) is 0 Å². The van der Waals surface area contributed by atoms with Gasteiger partial charge in [-0.3, -0.25) is 9.59 Å². The zero-order chi connectivity index (χ0) is 34.0. The smallest absolute Gasteiger partial charge is 0.303 e. The molecule has 4 nitrogen and oxygen atoms in total. The monoisotopic (exact) mass is 653 g/mol. The van der Waals surface area contributed by atoms with E-state index in [-0.39, 0.29) is 0 Å². The third kappa shape index (κ3) is 49.8. The molecular weight excluding hydrogens is 568 g/mol. The highest BCUT2D eigenvalue weighted by Gasteiger charge is 1.99. The highest BCUT2D eigenvalue weighted by atomic mass is 16.4. The summed E-state index contributed by atoms with van der Waals surface area (Å²) in [5, 5.41) is 17.1. The number of hydrogen-bond donors (Lipinski definition) is 2. The maximum absolute atomic E-state index is 10.4. The molecule has 0 bridgehead atoms. The molecule has 0 aromatic heterocycles. The number of rotatable bonds is 38. The van der Waals surface area contributed by atoms with Crippen LogP contribution in [0.25, 0.3) is 0 Å². The molecule has 276 valence electrons. The fraction of sp³-hybridized carbons (Fsp3) is 0.952. The molecule has 0 aromatic carbocycles. The molecule has 0 aliphatic carbocycles. The van der Waals surface area contributed by atoms with E-state index in [1.807, 2.05) is 0 Å². The lowest BCUT2D eigenvalue weighted by Gasteiger charge is -2.03. The van der Waals surface area contributed by atoms with Gasteiger partial charge in [0.05, 0.1) is 0 Å². The lowest BCUT2D eigenvalue weighted by atomic mass is 10.0. The number of carboxylic acids is 2. The molecule has 0 rings (SSSR count). The molecule has 46 heavy (non-hydrogen) atoms. The Bertz CT molecular complexity index is 576. The van der Waals surface area contributed by atoms with Crippen molar-refractivity contribution in [3.63, 3.8) is 0 Å². The Morgan fingerprint density at radius 1 is 0.261 bits per heavy atom.